The van der Waals surface area contributed by atoms with Crippen molar-refractivity contribution < 1.29 is 0 Å². The first-order valence-corrected chi connectivity index (χ1v) is 8.06. The second kappa shape index (κ2) is 7.24. The molecule has 2 atom stereocenters. The highest BCUT2D eigenvalue weighted by atomic mass is 15.2. The number of nitrogens with zero attached hydrogens (tertiary/aromatic N) is 2. The fraction of sp³-hybridized carbons (Fsp3) is 0.350. The van der Waals surface area contributed by atoms with Crippen molar-refractivity contribution in [1.82, 2.24) is 4.90 Å². The van der Waals surface area contributed by atoms with Crippen LogP contribution in [0.25, 0.3) is 0 Å². The molecular weight excluding hydrogens is 268 g/mol. The SMILES string of the molecule is N#CC[C@H]1C[C@H](c2ccccc2)CCN1Cc1ccccc1. The number of rotatable bonds is 4. The number of piperidine rings is 1. The maximum atomic E-state index is 9.18. The molecule has 1 fully saturated rings. The molecule has 3 rings (SSSR count). The molecule has 112 valence electrons. The number of benzene rings is 2. The number of likely N-dealkylation sites (tertiary alicyclic amines) is 1. The Balaban J connectivity index is 1.70. The molecule has 2 nitrogen and oxygen atoms in total. The van der Waals surface area contributed by atoms with Gasteiger partial charge in [-0.2, -0.15) is 5.26 Å². The average Bonchev–Trinajstić information content (AvgIpc) is 2.58. The second-order valence-electron chi connectivity index (χ2n) is 6.10. The van der Waals surface area contributed by atoms with Gasteiger partial charge in [0.1, 0.15) is 0 Å². The van der Waals surface area contributed by atoms with Gasteiger partial charge in [0.25, 0.3) is 0 Å². The Morgan fingerprint density at radius 3 is 2.36 bits per heavy atom. The maximum absolute atomic E-state index is 9.18. The van der Waals surface area contributed by atoms with E-state index in [1.165, 1.54) is 17.5 Å². The first kappa shape index (κ1) is 14.8. The van der Waals surface area contributed by atoms with Crippen molar-refractivity contribution in [3.05, 3.63) is 71.8 Å². The van der Waals surface area contributed by atoms with Crippen LogP contribution in [0.5, 0.6) is 0 Å². The number of hydrogen-bond donors (Lipinski definition) is 0. The van der Waals surface area contributed by atoms with Gasteiger partial charge in [-0.3, -0.25) is 4.90 Å². The van der Waals surface area contributed by atoms with E-state index in [4.69, 9.17) is 0 Å². The van der Waals surface area contributed by atoms with E-state index in [1.807, 2.05) is 0 Å². The molecule has 0 aromatic heterocycles. The first-order chi connectivity index (χ1) is 10.9. The van der Waals surface area contributed by atoms with Gasteiger partial charge in [0, 0.05) is 12.6 Å². The molecule has 1 heterocycles. The van der Waals surface area contributed by atoms with E-state index < -0.39 is 0 Å². The summed E-state index contributed by atoms with van der Waals surface area (Å²) in [5.74, 6) is 0.589. The third-order valence-electron chi connectivity index (χ3n) is 4.66. The zero-order chi connectivity index (χ0) is 15.2. The molecule has 0 spiro atoms. The highest BCUT2D eigenvalue weighted by molar-refractivity contribution is 5.21. The molecule has 0 aliphatic carbocycles. The van der Waals surface area contributed by atoms with Crippen molar-refractivity contribution in [2.24, 2.45) is 0 Å². The zero-order valence-electron chi connectivity index (χ0n) is 12.9. The standard InChI is InChI=1S/C20H22N2/c21-13-11-20-15-19(18-9-5-2-6-10-18)12-14-22(20)16-17-7-3-1-4-8-17/h1-10,19-20H,11-12,14-16H2/t19-,20+/m1/s1. The van der Waals surface area contributed by atoms with E-state index in [9.17, 15) is 5.26 Å². The van der Waals surface area contributed by atoms with Gasteiger partial charge in [0.2, 0.25) is 0 Å². The third kappa shape index (κ3) is 3.55. The summed E-state index contributed by atoms with van der Waals surface area (Å²) in [5, 5.41) is 9.18. The molecule has 1 aliphatic heterocycles. The molecule has 0 unspecified atom stereocenters. The Labute approximate surface area is 133 Å². The molecule has 0 N–H and O–H groups in total. The lowest BCUT2D eigenvalue weighted by Crippen LogP contribution is -2.41. The Hall–Kier alpha value is -2.11. The Morgan fingerprint density at radius 1 is 1.00 bits per heavy atom. The highest BCUT2D eigenvalue weighted by Gasteiger charge is 2.28. The van der Waals surface area contributed by atoms with Crippen LogP contribution < -0.4 is 0 Å². The summed E-state index contributed by atoms with van der Waals surface area (Å²) in [6.07, 6.45) is 2.89. The van der Waals surface area contributed by atoms with E-state index in [0.717, 1.165) is 19.5 Å². The molecule has 0 saturated carbocycles. The summed E-state index contributed by atoms with van der Waals surface area (Å²) in [6.45, 7) is 2.02. The van der Waals surface area contributed by atoms with Crippen molar-refractivity contribution >= 4 is 0 Å². The molecule has 0 bridgehead atoms. The number of hydrogen-bond acceptors (Lipinski definition) is 2. The van der Waals surface area contributed by atoms with E-state index in [1.54, 1.807) is 0 Å². The van der Waals surface area contributed by atoms with Gasteiger partial charge >= 0.3 is 0 Å². The molecule has 22 heavy (non-hydrogen) atoms. The summed E-state index contributed by atoms with van der Waals surface area (Å²) in [4.78, 5) is 2.48. The van der Waals surface area contributed by atoms with Crippen molar-refractivity contribution in [3.63, 3.8) is 0 Å². The van der Waals surface area contributed by atoms with E-state index in [0.29, 0.717) is 18.4 Å². The third-order valence-corrected chi connectivity index (χ3v) is 4.66. The maximum Gasteiger partial charge on any atom is 0.0638 e. The van der Waals surface area contributed by atoms with Crippen LogP contribution in [-0.4, -0.2) is 17.5 Å². The fourth-order valence-electron chi connectivity index (χ4n) is 3.47. The lowest BCUT2D eigenvalue weighted by Gasteiger charge is -2.39. The fourth-order valence-corrected chi connectivity index (χ4v) is 3.47. The summed E-state index contributed by atoms with van der Waals surface area (Å²) >= 11 is 0. The van der Waals surface area contributed by atoms with Crippen molar-refractivity contribution in [1.29, 1.82) is 5.26 Å². The van der Waals surface area contributed by atoms with Gasteiger partial charge in [-0.15, -0.1) is 0 Å². The summed E-state index contributed by atoms with van der Waals surface area (Å²) in [7, 11) is 0. The molecule has 2 aromatic rings. The Bertz CT molecular complexity index is 615. The molecule has 0 amide bonds. The van der Waals surface area contributed by atoms with Crippen LogP contribution in [-0.2, 0) is 6.54 Å². The monoisotopic (exact) mass is 290 g/mol. The minimum absolute atomic E-state index is 0.365. The average molecular weight is 290 g/mol. The van der Waals surface area contributed by atoms with Crippen LogP contribution in [0.3, 0.4) is 0 Å². The van der Waals surface area contributed by atoms with Crippen LogP contribution in [0.2, 0.25) is 0 Å². The summed E-state index contributed by atoms with van der Waals surface area (Å²) in [5.41, 5.74) is 2.76. The van der Waals surface area contributed by atoms with Crippen LogP contribution in [0, 0.1) is 11.3 Å². The smallest absolute Gasteiger partial charge is 0.0638 e. The van der Waals surface area contributed by atoms with Crippen LogP contribution in [0.1, 0.15) is 36.3 Å². The minimum atomic E-state index is 0.365. The summed E-state index contributed by atoms with van der Waals surface area (Å²) in [6, 6.07) is 24.1. The van der Waals surface area contributed by atoms with E-state index in [-0.39, 0.29) is 0 Å². The molecule has 0 radical (unpaired) electrons. The van der Waals surface area contributed by atoms with E-state index in [2.05, 4.69) is 71.6 Å². The molecule has 2 aromatic carbocycles. The lowest BCUT2D eigenvalue weighted by molar-refractivity contribution is 0.129. The van der Waals surface area contributed by atoms with Crippen molar-refractivity contribution in [3.8, 4) is 6.07 Å². The van der Waals surface area contributed by atoms with Gasteiger partial charge in [-0.1, -0.05) is 60.7 Å². The molecule has 1 aliphatic rings. The lowest BCUT2D eigenvalue weighted by atomic mass is 9.84. The molecule has 2 heteroatoms. The predicted molar refractivity (Wildman–Crippen MR) is 89.3 cm³/mol. The van der Waals surface area contributed by atoms with Crippen LogP contribution in [0.15, 0.2) is 60.7 Å². The topological polar surface area (TPSA) is 27.0 Å². The van der Waals surface area contributed by atoms with Gasteiger partial charge in [0.15, 0.2) is 0 Å². The van der Waals surface area contributed by atoms with E-state index >= 15 is 0 Å². The van der Waals surface area contributed by atoms with Crippen LogP contribution >= 0.6 is 0 Å². The molecular formula is C20H22N2. The van der Waals surface area contributed by atoms with Gasteiger partial charge in [-0.25, -0.2) is 0 Å². The van der Waals surface area contributed by atoms with Crippen LogP contribution in [0.4, 0.5) is 0 Å². The largest absolute Gasteiger partial charge is 0.295 e. The summed E-state index contributed by atoms with van der Waals surface area (Å²) < 4.78 is 0. The quantitative estimate of drug-likeness (QED) is 0.837. The van der Waals surface area contributed by atoms with Crippen molar-refractivity contribution in [2.45, 2.75) is 37.8 Å². The Kier molecular flexibility index (Phi) is 4.88. The normalized spacial score (nSPS) is 22.1. The number of nitriles is 1. The van der Waals surface area contributed by atoms with Gasteiger partial charge in [0.05, 0.1) is 12.5 Å². The second-order valence-corrected chi connectivity index (χ2v) is 6.10. The Morgan fingerprint density at radius 2 is 1.68 bits per heavy atom. The van der Waals surface area contributed by atoms with Crippen molar-refractivity contribution in [2.75, 3.05) is 6.54 Å². The van der Waals surface area contributed by atoms with Gasteiger partial charge in [-0.05, 0) is 36.4 Å². The first-order valence-electron chi connectivity index (χ1n) is 8.06. The molecule has 1 saturated heterocycles. The minimum Gasteiger partial charge on any atom is -0.295 e. The zero-order valence-corrected chi connectivity index (χ0v) is 12.9. The van der Waals surface area contributed by atoms with Gasteiger partial charge < -0.3 is 0 Å². The highest BCUT2D eigenvalue weighted by Crippen LogP contribution is 2.33. The predicted octanol–water partition coefficient (Wildman–Crippen LogP) is 4.35.